The van der Waals surface area contributed by atoms with Crippen LogP contribution in [0.4, 0.5) is 4.79 Å². The summed E-state index contributed by atoms with van der Waals surface area (Å²) in [7, 11) is 0. The number of hydrogen-bond acceptors (Lipinski definition) is 7. The van der Waals surface area contributed by atoms with Gasteiger partial charge in [-0.1, -0.05) is 11.3 Å². The number of alkyl carbamates (subject to hydrolysis) is 1. The lowest BCUT2D eigenvalue weighted by Gasteiger charge is -2.49. The monoisotopic (exact) mass is 494 g/mol. The number of thioether (sulfide) groups is 1. The zero-order valence-corrected chi connectivity index (χ0v) is 19.9. The summed E-state index contributed by atoms with van der Waals surface area (Å²) in [6.45, 7) is 5.68. The van der Waals surface area contributed by atoms with Crippen LogP contribution in [0.1, 0.15) is 26.6 Å². The summed E-state index contributed by atoms with van der Waals surface area (Å²) in [5, 5.41) is 16.5. The van der Waals surface area contributed by atoms with Gasteiger partial charge in [0.15, 0.2) is 0 Å². The van der Waals surface area contributed by atoms with E-state index in [9.17, 15) is 24.3 Å². The normalized spacial score (nSPS) is 20.3. The van der Waals surface area contributed by atoms with Gasteiger partial charge >= 0.3 is 12.1 Å². The predicted molar refractivity (Wildman–Crippen MR) is 119 cm³/mol. The number of rotatable bonds is 7. The third-order valence-corrected chi connectivity index (χ3v) is 7.28. The molecule has 2 atom stereocenters. The molecule has 0 spiro atoms. The van der Waals surface area contributed by atoms with Gasteiger partial charge in [-0.25, -0.2) is 14.2 Å². The quantitative estimate of drug-likeness (QED) is 0.293. The van der Waals surface area contributed by atoms with Gasteiger partial charge in [-0.3, -0.25) is 14.5 Å². The number of amides is 3. The Kier molecular flexibility index (Phi) is 6.10. The van der Waals surface area contributed by atoms with Gasteiger partial charge in [0.2, 0.25) is 11.2 Å². The summed E-state index contributed by atoms with van der Waals surface area (Å²) in [4.78, 5) is 50.1. The van der Waals surface area contributed by atoms with E-state index in [1.54, 1.807) is 20.8 Å². The number of carboxylic acid groups (broad SMARTS) is 1. The highest BCUT2D eigenvalue weighted by atomic mass is 32.2. The van der Waals surface area contributed by atoms with Crippen molar-refractivity contribution in [3.63, 3.8) is 0 Å². The molecule has 2 aromatic heterocycles. The van der Waals surface area contributed by atoms with Crippen LogP contribution in [0.2, 0.25) is 0 Å². The number of thiazole rings is 1. The smallest absolute Gasteiger partial charge is 0.408 e. The molecule has 0 aliphatic carbocycles. The van der Waals surface area contributed by atoms with E-state index in [0.29, 0.717) is 17.7 Å². The van der Waals surface area contributed by atoms with Crippen LogP contribution in [0.15, 0.2) is 29.0 Å². The van der Waals surface area contributed by atoms with E-state index in [2.05, 4.69) is 10.6 Å². The zero-order valence-electron chi connectivity index (χ0n) is 18.2. The van der Waals surface area contributed by atoms with Crippen molar-refractivity contribution in [2.75, 3.05) is 5.75 Å². The molecular formula is C20H24N5O6S2+. The molecule has 0 saturated carbocycles. The zero-order chi connectivity index (χ0) is 23.9. The molecule has 1 fully saturated rings. The first-order valence-electron chi connectivity index (χ1n) is 10.1. The van der Waals surface area contributed by atoms with Crippen molar-refractivity contribution in [1.82, 2.24) is 19.9 Å². The highest BCUT2D eigenvalue weighted by molar-refractivity contribution is 8.00. The van der Waals surface area contributed by atoms with E-state index >= 15 is 0 Å². The molecule has 4 heterocycles. The standard InChI is InChI=1S/C20H23N5O6S2/c1-20(2,3)31-19(30)22-14-16(27)25-15(18(28)29)11(9-33-17(14)25)7-23-8-13-24(4-5-32-13)12(23)6-21-10-26/h4-5,8,10,14,17H,6-7,9H2,1-3H3,(H2-,21,22,26,28,29,30)/p+1/t14-,17-/m1/s1. The van der Waals surface area contributed by atoms with Gasteiger partial charge in [0.25, 0.3) is 11.7 Å². The maximum Gasteiger partial charge on any atom is 0.408 e. The number of hydrogen-bond donors (Lipinski definition) is 3. The molecule has 11 nitrogen and oxygen atoms in total. The summed E-state index contributed by atoms with van der Waals surface area (Å²) >= 11 is 2.91. The van der Waals surface area contributed by atoms with Crippen molar-refractivity contribution in [3.05, 3.63) is 34.9 Å². The molecule has 33 heavy (non-hydrogen) atoms. The molecule has 2 aliphatic rings. The fourth-order valence-electron chi connectivity index (χ4n) is 3.84. The molecule has 13 heteroatoms. The van der Waals surface area contributed by atoms with Crippen LogP contribution < -0.4 is 15.2 Å². The average Bonchev–Trinajstić information content (AvgIpc) is 3.30. The Balaban J connectivity index is 1.58. The summed E-state index contributed by atoms with van der Waals surface area (Å²) in [5.41, 5.74) is -0.208. The van der Waals surface area contributed by atoms with E-state index in [1.165, 1.54) is 28.0 Å². The predicted octanol–water partition coefficient (Wildman–Crippen LogP) is 0.681. The molecule has 0 aromatic carbocycles. The molecule has 2 aliphatic heterocycles. The number of fused-ring (bicyclic) bond motifs is 2. The number of aliphatic carboxylic acids is 1. The van der Waals surface area contributed by atoms with Crippen molar-refractivity contribution >= 4 is 52.3 Å². The number of nitrogens with zero attached hydrogens (tertiary/aromatic N) is 3. The number of nitrogens with one attached hydrogen (secondary N) is 2. The van der Waals surface area contributed by atoms with Crippen molar-refractivity contribution in [2.24, 2.45) is 0 Å². The summed E-state index contributed by atoms with van der Waals surface area (Å²) in [5.74, 6) is -0.533. The number of aromatic nitrogens is 2. The van der Waals surface area contributed by atoms with E-state index in [-0.39, 0.29) is 18.8 Å². The molecular weight excluding hydrogens is 470 g/mol. The number of β-lactam (4-membered cyclic amide) rings is 1. The van der Waals surface area contributed by atoms with E-state index < -0.39 is 35.0 Å². The van der Waals surface area contributed by atoms with Gasteiger partial charge in [0.1, 0.15) is 48.2 Å². The van der Waals surface area contributed by atoms with Crippen LogP contribution in [0.3, 0.4) is 0 Å². The topological polar surface area (TPSA) is 133 Å². The van der Waals surface area contributed by atoms with Crippen LogP contribution in [0.25, 0.3) is 4.83 Å². The lowest BCUT2D eigenvalue weighted by molar-refractivity contribution is -0.695. The van der Waals surface area contributed by atoms with E-state index in [0.717, 1.165) is 10.7 Å². The second-order valence-corrected chi connectivity index (χ2v) is 10.6. The molecule has 0 radical (unpaired) electrons. The van der Waals surface area contributed by atoms with E-state index in [1.807, 2.05) is 26.7 Å². The number of carbonyl (C=O) groups excluding carboxylic acids is 3. The fraction of sp³-hybridized carbons (Fsp3) is 0.450. The molecule has 1 saturated heterocycles. The number of ether oxygens (including phenoxy) is 1. The van der Waals surface area contributed by atoms with Crippen LogP contribution in [0.5, 0.6) is 0 Å². The largest absolute Gasteiger partial charge is 0.477 e. The average molecular weight is 495 g/mol. The number of carboxylic acids is 1. The summed E-state index contributed by atoms with van der Waals surface area (Å²) in [6, 6.07) is -0.847. The van der Waals surface area contributed by atoms with Crippen LogP contribution >= 0.6 is 23.1 Å². The fourth-order valence-corrected chi connectivity index (χ4v) is 5.97. The SMILES string of the molecule is CC(C)(C)OC(=O)N[C@@H]1C(=O)N2C(C(=O)O)=C(C[n+]3cc4sccn4c3CNC=O)CS[C@H]12. The second kappa shape index (κ2) is 8.71. The molecule has 0 unspecified atom stereocenters. The third kappa shape index (κ3) is 4.42. The molecule has 2 aromatic rings. The van der Waals surface area contributed by atoms with Crippen molar-refractivity contribution in [2.45, 2.75) is 50.9 Å². The maximum atomic E-state index is 12.8. The Morgan fingerprint density at radius 2 is 2.15 bits per heavy atom. The van der Waals surface area contributed by atoms with Crippen LogP contribution in [-0.2, 0) is 32.2 Å². The highest BCUT2D eigenvalue weighted by Gasteiger charge is 2.54. The Morgan fingerprint density at radius 1 is 1.39 bits per heavy atom. The minimum absolute atomic E-state index is 0.0673. The Bertz CT molecular complexity index is 1160. The van der Waals surface area contributed by atoms with Gasteiger partial charge in [-0.15, -0.1) is 11.8 Å². The second-order valence-electron chi connectivity index (χ2n) is 8.57. The molecule has 0 bridgehead atoms. The highest BCUT2D eigenvalue weighted by Crippen LogP contribution is 2.40. The minimum Gasteiger partial charge on any atom is -0.477 e. The number of carbonyl (C=O) groups is 4. The lowest BCUT2D eigenvalue weighted by atomic mass is 10.0. The van der Waals surface area contributed by atoms with Crippen LogP contribution in [0, 0.1) is 0 Å². The molecule has 3 amide bonds. The van der Waals surface area contributed by atoms with Crippen molar-refractivity contribution in [1.29, 1.82) is 0 Å². The Hall–Kier alpha value is -3.06. The molecule has 176 valence electrons. The first-order chi connectivity index (χ1) is 15.6. The molecule has 4 rings (SSSR count). The van der Waals surface area contributed by atoms with Gasteiger partial charge < -0.3 is 20.5 Å². The Labute approximate surface area is 197 Å². The minimum atomic E-state index is -1.20. The number of imidazole rings is 1. The summed E-state index contributed by atoms with van der Waals surface area (Å²) < 4.78 is 9.02. The van der Waals surface area contributed by atoms with Crippen molar-refractivity contribution in [3.8, 4) is 0 Å². The first-order valence-corrected chi connectivity index (χ1v) is 12.1. The van der Waals surface area contributed by atoms with Gasteiger partial charge in [0.05, 0.1) is 0 Å². The van der Waals surface area contributed by atoms with Gasteiger partial charge in [0, 0.05) is 16.7 Å². The lowest BCUT2D eigenvalue weighted by Crippen LogP contribution is -2.71. The third-order valence-electron chi connectivity index (χ3n) is 5.14. The summed E-state index contributed by atoms with van der Waals surface area (Å²) in [6.07, 6.45) is 3.66. The molecule has 3 N–H and O–H groups in total. The van der Waals surface area contributed by atoms with Crippen molar-refractivity contribution < 1.29 is 33.6 Å². The van der Waals surface area contributed by atoms with Crippen LogP contribution in [-0.4, -0.2) is 61.6 Å². The van der Waals surface area contributed by atoms with E-state index in [4.69, 9.17) is 4.74 Å². The maximum absolute atomic E-state index is 12.8. The van der Waals surface area contributed by atoms with Gasteiger partial charge in [-0.2, -0.15) is 4.40 Å². The Morgan fingerprint density at radius 3 is 2.82 bits per heavy atom. The first kappa shape index (κ1) is 23.1. The van der Waals surface area contributed by atoms with Gasteiger partial charge in [-0.05, 0) is 20.8 Å².